The average molecular weight is 351 g/mol. The molecule has 0 spiro atoms. The zero-order valence-electron chi connectivity index (χ0n) is 14.6. The summed E-state index contributed by atoms with van der Waals surface area (Å²) < 4.78 is 12.8. The molecular weight excluding hydrogens is 330 g/mol. The number of benzene rings is 2. The Bertz CT molecular complexity index is 871. The Labute approximate surface area is 152 Å². The number of nitrogens with zero attached hydrogens (tertiary/aromatic N) is 3. The molecule has 0 atom stereocenters. The lowest BCUT2D eigenvalue weighted by molar-refractivity contribution is 0.248. The molecule has 4 rings (SSSR count). The molecule has 1 saturated carbocycles. The molecule has 26 heavy (non-hydrogen) atoms. The summed E-state index contributed by atoms with van der Waals surface area (Å²) in [6, 6.07) is 17.2. The number of aromatic nitrogens is 3. The van der Waals surface area contributed by atoms with Crippen LogP contribution in [0.15, 0.2) is 54.6 Å². The lowest BCUT2D eigenvalue weighted by Crippen LogP contribution is -2.18. The molecule has 1 aliphatic rings. The predicted molar refractivity (Wildman–Crippen MR) is 96.7 cm³/mol. The Kier molecular flexibility index (Phi) is 4.34. The van der Waals surface area contributed by atoms with Crippen LogP contribution in [0.5, 0.6) is 11.5 Å². The minimum Gasteiger partial charge on any atom is -0.497 e. The van der Waals surface area contributed by atoms with Crippen LogP contribution in [0.1, 0.15) is 24.5 Å². The van der Waals surface area contributed by atoms with Gasteiger partial charge in [-0.05, 0) is 49.2 Å². The molecule has 6 heteroatoms. The SMILES string of the molecule is COc1ccc(-n2nc(COc3ccccc3)nc2C2(CO)CC2)cc1. The van der Waals surface area contributed by atoms with Crippen LogP contribution in [0.4, 0.5) is 0 Å². The first-order chi connectivity index (χ1) is 12.7. The first kappa shape index (κ1) is 16.6. The van der Waals surface area contributed by atoms with Crippen LogP contribution in [0.2, 0.25) is 0 Å². The van der Waals surface area contributed by atoms with E-state index < -0.39 is 0 Å². The van der Waals surface area contributed by atoms with Crippen LogP contribution in [-0.2, 0) is 12.0 Å². The molecule has 1 N–H and O–H groups in total. The number of rotatable bonds is 7. The topological polar surface area (TPSA) is 69.4 Å². The van der Waals surface area contributed by atoms with Gasteiger partial charge in [-0.25, -0.2) is 9.67 Å². The van der Waals surface area contributed by atoms with Gasteiger partial charge in [0.1, 0.15) is 23.9 Å². The van der Waals surface area contributed by atoms with E-state index in [0.29, 0.717) is 5.82 Å². The molecule has 0 unspecified atom stereocenters. The highest BCUT2D eigenvalue weighted by atomic mass is 16.5. The Hall–Kier alpha value is -2.86. The first-order valence-electron chi connectivity index (χ1n) is 8.64. The van der Waals surface area contributed by atoms with Crippen LogP contribution in [0.3, 0.4) is 0 Å². The minimum atomic E-state index is -0.294. The number of para-hydroxylation sites is 1. The largest absolute Gasteiger partial charge is 0.497 e. The Morgan fingerprint density at radius 2 is 1.77 bits per heavy atom. The lowest BCUT2D eigenvalue weighted by atomic mass is 10.1. The number of aliphatic hydroxyl groups is 1. The number of hydrogen-bond donors (Lipinski definition) is 1. The van der Waals surface area contributed by atoms with Gasteiger partial charge in [0.15, 0.2) is 5.82 Å². The van der Waals surface area contributed by atoms with Gasteiger partial charge < -0.3 is 14.6 Å². The molecular formula is C20H21N3O3. The van der Waals surface area contributed by atoms with Crippen LogP contribution in [0, 0.1) is 0 Å². The van der Waals surface area contributed by atoms with Crippen molar-refractivity contribution in [1.82, 2.24) is 14.8 Å². The van der Waals surface area contributed by atoms with E-state index >= 15 is 0 Å². The van der Waals surface area contributed by atoms with Gasteiger partial charge in [-0.2, -0.15) is 0 Å². The summed E-state index contributed by atoms with van der Waals surface area (Å²) in [5.41, 5.74) is 0.594. The zero-order chi connectivity index (χ0) is 18.0. The Morgan fingerprint density at radius 1 is 1.04 bits per heavy atom. The number of ether oxygens (including phenoxy) is 2. The quantitative estimate of drug-likeness (QED) is 0.709. The van der Waals surface area contributed by atoms with Crippen LogP contribution in [-0.4, -0.2) is 33.6 Å². The summed E-state index contributed by atoms with van der Waals surface area (Å²) in [4.78, 5) is 4.68. The number of methoxy groups -OCH3 is 1. The van der Waals surface area contributed by atoms with E-state index in [-0.39, 0.29) is 18.6 Å². The van der Waals surface area contributed by atoms with Crippen molar-refractivity contribution < 1.29 is 14.6 Å². The maximum absolute atomic E-state index is 9.85. The average Bonchev–Trinajstić information content (AvgIpc) is 3.39. The van der Waals surface area contributed by atoms with Crippen molar-refractivity contribution in [1.29, 1.82) is 0 Å². The molecule has 0 aliphatic heterocycles. The molecule has 1 aliphatic carbocycles. The Morgan fingerprint density at radius 3 is 2.38 bits per heavy atom. The van der Waals surface area contributed by atoms with E-state index in [4.69, 9.17) is 9.47 Å². The molecule has 1 aromatic heterocycles. The first-order valence-corrected chi connectivity index (χ1v) is 8.64. The van der Waals surface area contributed by atoms with E-state index in [9.17, 15) is 5.11 Å². The van der Waals surface area contributed by atoms with Crippen molar-refractivity contribution >= 4 is 0 Å². The van der Waals surface area contributed by atoms with Crippen LogP contribution >= 0.6 is 0 Å². The maximum atomic E-state index is 9.85. The third-order valence-corrected chi connectivity index (χ3v) is 4.71. The second-order valence-electron chi connectivity index (χ2n) is 6.50. The van der Waals surface area contributed by atoms with E-state index in [0.717, 1.165) is 35.9 Å². The van der Waals surface area contributed by atoms with Crippen molar-refractivity contribution in [2.45, 2.75) is 24.9 Å². The van der Waals surface area contributed by atoms with Crippen molar-refractivity contribution in [2.75, 3.05) is 13.7 Å². The number of hydrogen-bond acceptors (Lipinski definition) is 5. The third-order valence-electron chi connectivity index (χ3n) is 4.71. The van der Waals surface area contributed by atoms with Crippen molar-refractivity contribution in [3.63, 3.8) is 0 Å². The summed E-state index contributed by atoms with van der Waals surface area (Å²) in [7, 11) is 1.64. The molecule has 0 amide bonds. The highest BCUT2D eigenvalue weighted by Gasteiger charge is 2.48. The summed E-state index contributed by atoms with van der Waals surface area (Å²) in [6.07, 6.45) is 1.83. The highest BCUT2D eigenvalue weighted by Crippen LogP contribution is 2.47. The molecule has 1 heterocycles. The lowest BCUT2D eigenvalue weighted by Gasteiger charge is -2.13. The minimum absolute atomic E-state index is 0.0703. The van der Waals surface area contributed by atoms with E-state index in [2.05, 4.69) is 10.1 Å². The van der Waals surface area contributed by atoms with E-state index in [1.807, 2.05) is 59.3 Å². The second-order valence-corrected chi connectivity index (χ2v) is 6.50. The van der Waals surface area contributed by atoms with Gasteiger partial charge in [0.25, 0.3) is 0 Å². The van der Waals surface area contributed by atoms with Gasteiger partial charge in [0.05, 0.1) is 24.8 Å². The van der Waals surface area contributed by atoms with Gasteiger partial charge in [-0.15, -0.1) is 5.10 Å². The fourth-order valence-corrected chi connectivity index (χ4v) is 2.93. The standard InChI is InChI=1S/C20H21N3O3/c1-25-16-9-7-15(8-10-16)23-19(20(14-24)11-12-20)21-18(22-23)13-26-17-5-3-2-4-6-17/h2-10,24H,11-14H2,1H3. The van der Waals surface area contributed by atoms with Gasteiger partial charge >= 0.3 is 0 Å². The highest BCUT2D eigenvalue weighted by molar-refractivity contribution is 5.39. The molecule has 0 saturated heterocycles. The number of aliphatic hydroxyl groups excluding tert-OH is 1. The molecule has 6 nitrogen and oxygen atoms in total. The molecule has 3 aromatic rings. The zero-order valence-corrected chi connectivity index (χ0v) is 14.6. The maximum Gasteiger partial charge on any atom is 0.188 e. The molecule has 134 valence electrons. The summed E-state index contributed by atoms with van der Waals surface area (Å²) >= 11 is 0. The van der Waals surface area contributed by atoms with Crippen LogP contribution in [0.25, 0.3) is 5.69 Å². The fourth-order valence-electron chi connectivity index (χ4n) is 2.93. The predicted octanol–water partition coefficient (Wildman–Crippen LogP) is 2.88. The molecule has 2 aromatic carbocycles. The second kappa shape index (κ2) is 6.80. The van der Waals surface area contributed by atoms with Crippen LogP contribution < -0.4 is 9.47 Å². The molecule has 0 radical (unpaired) electrons. The molecule has 0 bridgehead atoms. The summed E-state index contributed by atoms with van der Waals surface area (Å²) in [6.45, 7) is 0.350. The van der Waals surface area contributed by atoms with E-state index in [1.54, 1.807) is 7.11 Å². The van der Waals surface area contributed by atoms with Crippen molar-refractivity contribution in [3.8, 4) is 17.2 Å². The smallest absolute Gasteiger partial charge is 0.188 e. The molecule has 1 fully saturated rings. The Balaban J connectivity index is 1.64. The summed E-state index contributed by atoms with van der Waals surface area (Å²) in [5, 5.41) is 14.5. The monoisotopic (exact) mass is 351 g/mol. The van der Waals surface area contributed by atoms with Gasteiger partial charge in [0.2, 0.25) is 0 Å². The van der Waals surface area contributed by atoms with Crippen molar-refractivity contribution in [2.24, 2.45) is 0 Å². The third kappa shape index (κ3) is 3.15. The summed E-state index contributed by atoms with van der Waals surface area (Å²) in [5.74, 6) is 2.95. The van der Waals surface area contributed by atoms with Gasteiger partial charge in [0, 0.05) is 0 Å². The van der Waals surface area contributed by atoms with Gasteiger partial charge in [-0.3, -0.25) is 0 Å². The van der Waals surface area contributed by atoms with Crippen molar-refractivity contribution in [3.05, 3.63) is 66.2 Å². The van der Waals surface area contributed by atoms with E-state index in [1.165, 1.54) is 0 Å². The normalized spacial score (nSPS) is 14.8. The fraction of sp³-hybridized carbons (Fsp3) is 0.300. The van der Waals surface area contributed by atoms with Gasteiger partial charge in [-0.1, -0.05) is 18.2 Å².